The maximum absolute atomic E-state index is 12.2. The van der Waals surface area contributed by atoms with Gasteiger partial charge in [-0.3, -0.25) is 10.1 Å². The van der Waals surface area contributed by atoms with Crippen LogP contribution >= 0.6 is 34.9 Å². The molecule has 1 amide bonds. The van der Waals surface area contributed by atoms with Crippen LogP contribution in [0.3, 0.4) is 0 Å². The first kappa shape index (κ1) is 21.7. The zero-order valence-electron chi connectivity index (χ0n) is 16.7. The van der Waals surface area contributed by atoms with Gasteiger partial charge in [0.15, 0.2) is 10.3 Å². The highest BCUT2D eigenvalue weighted by atomic mass is 32.2. The van der Waals surface area contributed by atoms with Crippen molar-refractivity contribution >= 4 is 45.9 Å². The largest absolute Gasteiger partial charge is 0.306 e. The van der Waals surface area contributed by atoms with Crippen molar-refractivity contribution in [2.45, 2.75) is 56.7 Å². The Labute approximate surface area is 181 Å². The van der Waals surface area contributed by atoms with Crippen LogP contribution in [0.15, 0.2) is 16.4 Å². The lowest BCUT2D eigenvalue weighted by Crippen LogP contribution is -2.14. The third-order valence-corrected chi connectivity index (χ3v) is 6.54. The molecular weight excluding hydrogens is 428 g/mol. The number of hydrogen-bond donors (Lipinski definition) is 1. The van der Waals surface area contributed by atoms with Crippen molar-refractivity contribution in [3.05, 3.63) is 28.3 Å². The van der Waals surface area contributed by atoms with Crippen LogP contribution in [0.2, 0.25) is 0 Å². The van der Waals surface area contributed by atoms with Gasteiger partial charge < -0.3 is 4.57 Å². The summed E-state index contributed by atoms with van der Waals surface area (Å²) < 4.78 is 2.01. The molecule has 12 heteroatoms. The van der Waals surface area contributed by atoms with Crippen LogP contribution in [0.5, 0.6) is 0 Å². The molecule has 0 saturated carbocycles. The van der Waals surface area contributed by atoms with Crippen molar-refractivity contribution in [1.29, 1.82) is 0 Å². The lowest BCUT2D eigenvalue weighted by atomic mass is 10.4. The molecule has 3 aromatic heterocycles. The molecule has 1 N–H and O–H groups in total. The normalized spacial score (nSPS) is 11.0. The number of aryl methyl sites for hydroxylation is 3. The standard InChI is InChI=1S/C17H22N8OS3/c1-5-14-22-23-16(29-14)20-13(26)9-28-17-24-21-12(25(17)6-2)8-27-15-18-10(3)7-11(4)19-15/h7H,5-6,8-9H2,1-4H3,(H,20,23,26). The summed E-state index contributed by atoms with van der Waals surface area (Å²) in [5.74, 6) is 1.53. The van der Waals surface area contributed by atoms with Gasteiger partial charge in [-0.1, -0.05) is 41.8 Å². The molecule has 0 unspecified atom stereocenters. The summed E-state index contributed by atoms with van der Waals surface area (Å²) >= 11 is 4.27. The fraction of sp³-hybridized carbons (Fsp3) is 0.471. The minimum absolute atomic E-state index is 0.140. The summed E-state index contributed by atoms with van der Waals surface area (Å²) in [5, 5.41) is 22.1. The van der Waals surface area contributed by atoms with Gasteiger partial charge in [0, 0.05) is 17.9 Å². The van der Waals surface area contributed by atoms with E-state index in [4.69, 9.17) is 0 Å². The smallest absolute Gasteiger partial charge is 0.236 e. The van der Waals surface area contributed by atoms with Gasteiger partial charge in [0.25, 0.3) is 0 Å². The summed E-state index contributed by atoms with van der Waals surface area (Å²) in [7, 11) is 0. The van der Waals surface area contributed by atoms with Gasteiger partial charge in [0.2, 0.25) is 11.0 Å². The number of nitrogens with one attached hydrogen (secondary N) is 1. The maximum atomic E-state index is 12.2. The van der Waals surface area contributed by atoms with E-state index in [0.29, 0.717) is 16.0 Å². The second-order valence-corrected chi connectivity index (χ2v) is 9.00. The Bertz CT molecular complexity index is 967. The molecule has 3 heterocycles. The Kier molecular flexibility index (Phi) is 7.56. The number of carbonyl (C=O) groups is 1. The van der Waals surface area contributed by atoms with Crippen LogP contribution in [0.4, 0.5) is 5.13 Å². The van der Waals surface area contributed by atoms with E-state index in [1.54, 1.807) is 0 Å². The van der Waals surface area contributed by atoms with Crippen LogP contribution in [-0.2, 0) is 23.5 Å². The molecule has 0 fully saturated rings. The van der Waals surface area contributed by atoms with Gasteiger partial charge in [-0.05, 0) is 33.3 Å². The van der Waals surface area contributed by atoms with E-state index in [0.717, 1.165) is 40.3 Å². The first-order valence-corrected chi connectivity index (χ1v) is 11.9. The highest BCUT2D eigenvalue weighted by Crippen LogP contribution is 2.23. The summed E-state index contributed by atoms with van der Waals surface area (Å²) in [5.41, 5.74) is 1.89. The molecule has 0 aliphatic carbocycles. The summed E-state index contributed by atoms with van der Waals surface area (Å²) in [6.45, 7) is 8.66. The monoisotopic (exact) mass is 450 g/mol. The van der Waals surface area contributed by atoms with Crippen molar-refractivity contribution in [2.24, 2.45) is 0 Å². The van der Waals surface area contributed by atoms with Crippen molar-refractivity contribution < 1.29 is 4.79 Å². The Balaban J connectivity index is 1.57. The molecule has 154 valence electrons. The minimum atomic E-state index is -0.140. The molecule has 0 aromatic carbocycles. The second-order valence-electron chi connectivity index (χ2n) is 6.06. The molecule has 3 aromatic rings. The third kappa shape index (κ3) is 5.97. The van der Waals surface area contributed by atoms with E-state index in [2.05, 4.69) is 35.7 Å². The SMILES string of the molecule is CCc1nnc(NC(=O)CSc2nnc(CSc3nc(C)cc(C)n3)n2CC)s1. The first-order chi connectivity index (χ1) is 14.0. The van der Waals surface area contributed by atoms with Crippen molar-refractivity contribution in [3.63, 3.8) is 0 Å². The Morgan fingerprint density at radius 2 is 1.86 bits per heavy atom. The second kappa shape index (κ2) is 10.1. The zero-order chi connectivity index (χ0) is 20.8. The quantitative estimate of drug-likeness (QED) is 0.388. The fourth-order valence-electron chi connectivity index (χ4n) is 2.47. The van der Waals surface area contributed by atoms with Crippen molar-refractivity contribution in [2.75, 3.05) is 11.1 Å². The number of anilines is 1. The van der Waals surface area contributed by atoms with Crippen LogP contribution in [0.25, 0.3) is 0 Å². The van der Waals surface area contributed by atoms with E-state index in [9.17, 15) is 4.79 Å². The number of aromatic nitrogens is 7. The Morgan fingerprint density at radius 3 is 2.52 bits per heavy atom. The maximum Gasteiger partial charge on any atom is 0.236 e. The first-order valence-electron chi connectivity index (χ1n) is 9.10. The highest BCUT2D eigenvalue weighted by Gasteiger charge is 2.15. The van der Waals surface area contributed by atoms with E-state index in [1.165, 1.54) is 34.9 Å². The van der Waals surface area contributed by atoms with E-state index in [1.807, 2.05) is 38.3 Å². The van der Waals surface area contributed by atoms with Crippen LogP contribution < -0.4 is 5.32 Å². The van der Waals surface area contributed by atoms with Crippen LogP contribution in [0, 0.1) is 13.8 Å². The van der Waals surface area contributed by atoms with Gasteiger partial charge in [-0.2, -0.15) is 0 Å². The van der Waals surface area contributed by atoms with E-state index in [-0.39, 0.29) is 11.7 Å². The number of hydrogen-bond acceptors (Lipinski definition) is 10. The molecular formula is C17H22N8OS3. The topological polar surface area (TPSA) is 111 Å². The molecule has 0 spiro atoms. The molecule has 0 atom stereocenters. The van der Waals surface area contributed by atoms with Crippen LogP contribution in [-0.4, -0.2) is 46.6 Å². The molecule has 0 radical (unpaired) electrons. The highest BCUT2D eigenvalue weighted by molar-refractivity contribution is 7.99. The fourth-order valence-corrected chi connectivity index (χ4v) is 4.88. The predicted octanol–water partition coefficient (Wildman–Crippen LogP) is 3.14. The molecule has 29 heavy (non-hydrogen) atoms. The Hall–Kier alpha value is -2.05. The third-order valence-electron chi connectivity index (χ3n) is 3.75. The molecule has 9 nitrogen and oxygen atoms in total. The van der Waals surface area contributed by atoms with Gasteiger partial charge >= 0.3 is 0 Å². The number of rotatable bonds is 9. The minimum Gasteiger partial charge on any atom is -0.306 e. The lowest BCUT2D eigenvalue weighted by Gasteiger charge is -2.07. The number of thioether (sulfide) groups is 2. The van der Waals surface area contributed by atoms with Crippen molar-refractivity contribution in [3.8, 4) is 0 Å². The Morgan fingerprint density at radius 1 is 1.10 bits per heavy atom. The summed E-state index contributed by atoms with van der Waals surface area (Å²) in [6.07, 6.45) is 0.801. The lowest BCUT2D eigenvalue weighted by molar-refractivity contribution is -0.113. The van der Waals surface area contributed by atoms with Gasteiger partial charge in [0.1, 0.15) is 10.8 Å². The van der Waals surface area contributed by atoms with Gasteiger partial charge in [0.05, 0.1) is 11.5 Å². The predicted molar refractivity (Wildman–Crippen MR) is 115 cm³/mol. The van der Waals surface area contributed by atoms with E-state index >= 15 is 0 Å². The average Bonchev–Trinajstić information content (AvgIpc) is 3.30. The van der Waals surface area contributed by atoms with Gasteiger partial charge in [-0.15, -0.1) is 20.4 Å². The molecule has 0 aliphatic rings. The number of nitrogens with zero attached hydrogens (tertiary/aromatic N) is 7. The molecule has 0 saturated heterocycles. The zero-order valence-corrected chi connectivity index (χ0v) is 19.1. The van der Waals surface area contributed by atoms with Gasteiger partial charge in [-0.25, -0.2) is 9.97 Å². The molecule has 0 bridgehead atoms. The molecule has 0 aliphatic heterocycles. The number of carbonyl (C=O) groups excluding carboxylic acids is 1. The van der Waals surface area contributed by atoms with Crippen molar-refractivity contribution in [1.82, 2.24) is 34.9 Å². The number of amides is 1. The van der Waals surface area contributed by atoms with Crippen LogP contribution in [0.1, 0.15) is 36.1 Å². The molecule has 3 rings (SSSR count). The summed E-state index contributed by atoms with van der Waals surface area (Å²) in [6, 6.07) is 1.95. The average molecular weight is 451 g/mol. The van der Waals surface area contributed by atoms with E-state index < -0.39 is 0 Å². The summed E-state index contributed by atoms with van der Waals surface area (Å²) in [4.78, 5) is 21.1.